The maximum atomic E-state index is 4.64. The van der Waals surface area contributed by atoms with Gasteiger partial charge in [-0.25, -0.2) is 4.98 Å². The van der Waals surface area contributed by atoms with Crippen molar-refractivity contribution in [3.05, 3.63) is 47.8 Å². The molecule has 2 aromatic heterocycles. The van der Waals surface area contributed by atoms with Crippen molar-refractivity contribution in [3.8, 4) is 0 Å². The minimum Gasteiger partial charge on any atom is -0.384 e. The zero-order valence-electron chi connectivity index (χ0n) is 10.9. The van der Waals surface area contributed by atoms with Gasteiger partial charge in [0, 0.05) is 24.2 Å². The SMILES string of the molecule is c1ccc(CSc2nc3cc4c(cc3[nH]2)CCN4)nc1. The largest absolute Gasteiger partial charge is 0.384 e. The monoisotopic (exact) mass is 282 g/mol. The van der Waals surface area contributed by atoms with Gasteiger partial charge in [0.15, 0.2) is 5.16 Å². The fraction of sp³-hybridized carbons (Fsp3) is 0.200. The molecule has 4 nitrogen and oxygen atoms in total. The first kappa shape index (κ1) is 11.8. The lowest BCUT2D eigenvalue weighted by molar-refractivity contribution is 1.07. The average molecular weight is 282 g/mol. The lowest BCUT2D eigenvalue weighted by Crippen LogP contribution is -1.90. The first-order chi connectivity index (χ1) is 9.88. The summed E-state index contributed by atoms with van der Waals surface area (Å²) in [5, 5.41) is 4.34. The molecule has 100 valence electrons. The zero-order chi connectivity index (χ0) is 13.4. The van der Waals surface area contributed by atoms with Gasteiger partial charge in [-0.2, -0.15) is 0 Å². The number of anilines is 1. The van der Waals surface area contributed by atoms with Gasteiger partial charge in [-0.3, -0.25) is 4.98 Å². The van der Waals surface area contributed by atoms with Crippen LogP contribution in [0.1, 0.15) is 11.3 Å². The number of hydrogen-bond donors (Lipinski definition) is 2. The summed E-state index contributed by atoms with van der Waals surface area (Å²) in [6, 6.07) is 10.3. The van der Waals surface area contributed by atoms with Gasteiger partial charge in [0.2, 0.25) is 0 Å². The summed E-state index contributed by atoms with van der Waals surface area (Å²) in [7, 11) is 0. The van der Waals surface area contributed by atoms with Crippen LogP contribution >= 0.6 is 11.8 Å². The van der Waals surface area contributed by atoms with Crippen molar-refractivity contribution in [2.75, 3.05) is 11.9 Å². The topological polar surface area (TPSA) is 53.6 Å². The molecule has 0 amide bonds. The van der Waals surface area contributed by atoms with Crippen molar-refractivity contribution < 1.29 is 0 Å². The van der Waals surface area contributed by atoms with E-state index in [9.17, 15) is 0 Å². The summed E-state index contributed by atoms with van der Waals surface area (Å²) in [6.45, 7) is 1.03. The number of imidazole rings is 1. The van der Waals surface area contributed by atoms with Crippen molar-refractivity contribution in [3.63, 3.8) is 0 Å². The van der Waals surface area contributed by atoms with E-state index in [0.29, 0.717) is 0 Å². The molecule has 5 heteroatoms. The Kier molecular flexibility index (Phi) is 2.85. The van der Waals surface area contributed by atoms with Gasteiger partial charge < -0.3 is 10.3 Å². The number of H-pyrrole nitrogens is 1. The molecule has 0 atom stereocenters. The minimum absolute atomic E-state index is 0.832. The molecular weight excluding hydrogens is 268 g/mol. The number of nitrogens with zero attached hydrogens (tertiary/aromatic N) is 2. The average Bonchev–Trinajstić information content (AvgIpc) is 3.08. The van der Waals surface area contributed by atoms with E-state index < -0.39 is 0 Å². The molecule has 2 N–H and O–H groups in total. The summed E-state index contributed by atoms with van der Waals surface area (Å²) < 4.78 is 0. The van der Waals surface area contributed by atoms with Crippen molar-refractivity contribution in [1.82, 2.24) is 15.0 Å². The highest BCUT2D eigenvalue weighted by molar-refractivity contribution is 7.98. The van der Waals surface area contributed by atoms with Crippen LogP contribution in [0.2, 0.25) is 0 Å². The number of rotatable bonds is 3. The highest BCUT2D eigenvalue weighted by Gasteiger charge is 2.13. The number of hydrogen-bond acceptors (Lipinski definition) is 4. The van der Waals surface area contributed by atoms with E-state index in [1.54, 1.807) is 11.8 Å². The number of fused-ring (bicyclic) bond motifs is 2. The van der Waals surface area contributed by atoms with E-state index in [0.717, 1.165) is 40.6 Å². The van der Waals surface area contributed by atoms with E-state index in [1.165, 1.54) is 11.3 Å². The Morgan fingerprint density at radius 1 is 1.25 bits per heavy atom. The molecule has 20 heavy (non-hydrogen) atoms. The summed E-state index contributed by atoms with van der Waals surface area (Å²) in [6.07, 6.45) is 2.92. The van der Waals surface area contributed by atoms with Gasteiger partial charge in [-0.05, 0) is 36.2 Å². The third-order valence-electron chi connectivity index (χ3n) is 3.48. The summed E-state index contributed by atoms with van der Waals surface area (Å²) >= 11 is 1.69. The van der Waals surface area contributed by atoms with Crippen LogP contribution in [0.15, 0.2) is 41.7 Å². The Labute approximate surface area is 121 Å². The standard InChI is InChI=1S/C15H14N4S/c1-2-5-16-11(3-1)9-20-15-18-13-7-10-4-6-17-12(10)8-14(13)19-15/h1-3,5,7-8,17H,4,6,9H2,(H,18,19). The number of aromatic amines is 1. The van der Waals surface area contributed by atoms with Gasteiger partial charge in [0.25, 0.3) is 0 Å². The second kappa shape index (κ2) is 4.83. The van der Waals surface area contributed by atoms with Crippen LogP contribution < -0.4 is 5.32 Å². The summed E-state index contributed by atoms with van der Waals surface area (Å²) in [4.78, 5) is 12.4. The van der Waals surface area contributed by atoms with E-state index in [2.05, 4.69) is 32.4 Å². The Morgan fingerprint density at radius 2 is 2.25 bits per heavy atom. The van der Waals surface area contributed by atoms with Crippen LogP contribution in [-0.4, -0.2) is 21.5 Å². The van der Waals surface area contributed by atoms with Crippen LogP contribution in [0.5, 0.6) is 0 Å². The third kappa shape index (κ3) is 2.14. The second-order valence-electron chi connectivity index (χ2n) is 4.85. The number of nitrogens with one attached hydrogen (secondary N) is 2. The molecule has 1 aliphatic heterocycles. The summed E-state index contributed by atoms with van der Waals surface area (Å²) in [5.41, 5.74) is 5.83. The van der Waals surface area contributed by atoms with Crippen LogP contribution in [0.25, 0.3) is 11.0 Å². The van der Waals surface area contributed by atoms with Crippen LogP contribution in [0, 0.1) is 0 Å². The number of thioether (sulfide) groups is 1. The molecule has 0 unspecified atom stereocenters. The van der Waals surface area contributed by atoms with Crippen molar-refractivity contribution in [2.24, 2.45) is 0 Å². The number of aromatic nitrogens is 3. The first-order valence-corrected chi connectivity index (χ1v) is 7.66. The Morgan fingerprint density at radius 3 is 3.15 bits per heavy atom. The van der Waals surface area contributed by atoms with Gasteiger partial charge in [-0.15, -0.1) is 0 Å². The van der Waals surface area contributed by atoms with Crippen molar-refractivity contribution >= 4 is 28.5 Å². The van der Waals surface area contributed by atoms with E-state index in [1.807, 2.05) is 24.4 Å². The fourth-order valence-electron chi connectivity index (χ4n) is 2.48. The van der Waals surface area contributed by atoms with Gasteiger partial charge in [0.05, 0.1) is 16.7 Å². The molecule has 0 fully saturated rings. The predicted molar refractivity (Wildman–Crippen MR) is 82.1 cm³/mol. The number of pyridine rings is 1. The first-order valence-electron chi connectivity index (χ1n) is 6.68. The molecule has 0 aliphatic carbocycles. The van der Waals surface area contributed by atoms with Gasteiger partial charge in [0.1, 0.15) is 0 Å². The highest BCUT2D eigenvalue weighted by atomic mass is 32.2. The molecule has 0 spiro atoms. The third-order valence-corrected chi connectivity index (χ3v) is 4.38. The lowest BCUT2D eigenvalue weighted by Gasteiger charge is -1.97. The molecule has 1 aromatic carbocycles. The molecule has 3 aromatic rings. The van der Waals surface area contributed by atoms with Crippen molar-refractivity contribution in [1.29, 1.82) is 0 Å². The van der Waals surface area contributed by atoms with E-state index >= 15 is 0 Å². The molecule has 0 saturated heterocycles. The smallest absolute Gasteiger partial charge is 0.166 e. The molecule has 0 bridgehead atoms. The highest BCUT2D eigenvalue weighted by Crippen LogP contribution is 2.29. The van der Waals surface area contributed by atoms with Gasteiger partial charge >= 0.3 is 0 Å². The second-order valence-corrected chi connectivity index (χ2v) is 5.82. The molecule has 0 saturated carbocycles. The molecular formula is C15H14N4S. The fourth-order valence-corrected chi connectivity index (χ4v) is 3.28. The predicted octanol–water partition coefficient (Wildman–Crippen LogP) is 3.22. The maximum absolute atomic E-state index is 4.64. The van der Waals surface area contributed by atoms with Crippen LogP contribution in [0.4, 0.5) is 5.69 Å². The van der Waals surface area contributed by atoms with E-state index in [-0.39, 0.29) is 0 Å². The summed E-state index contributed by atoms with van der Waals surface area (Å²) in [5.74, 6) is 0.832. The number of benzene rings is 1. The van der Waals surface area contributed by atoms with Crippen LogP contribution in [-0.2, 0) is 12.2 Å². The molecule has 0 radical (unpaired) electrons. The maximum Gasteiger partial charge on any atom is 0.166 e. The van der Waals surface area contributed by atoms with Crippen molar-refractivity contribution in [2.45, 2.75) is 17.3 Å². The molecule has 4 rings (SSSR count). The Bertz CT molecular complexity index is 710. The van der Waals surface area contributed by atoms with Crippen LogP contribution in [0.3, 0.4) is 0 Å². The molecule has 1 aliphatic rings. The Hall–Kier alpha value is -2.01. The molecule has 3 heterocycles. The minimum atomic E-state index is 0.832. The quantitative estimate of drug-likeness (QED) is 0.724. The lowest BCUT2D eigenvalue weighted by atomic mass is 10.1. The normalized spacial score (nSPS) is 13.4. The van der Waals surface area contributed by atoms with Gasteiger partial charge in [-0.1, -0.05) is 17.8 Å². The Balaban J connectivity index is 1.58. The van der Waals surface area contributed by atoms with E-state index in [4.69, 9.17) is 0 Å². The zero-order valence-corrected chi connectivity index (χ0v) is 11.7.